The molecular formula is C8H14N2. The van der Waals surface area contributed by atoms with Crippen LogP contribution in [0.3, 0.4) is 0 Å². The molecule has 2 nitrogen and oxygen atoms in total. The van der Waals surface area contributed by atoms with Crippen LogP contribution in [-0.2, 0) is 0 Å². The molecule has 10 heavy (non-hydrogen) atoms. The highest BCUT2D eigenvalue weighted by atomic mass is 15.3. The van der Waals surface area contributed by atoms with Gasteiger partial charge < -0.3 is 5.43 Å². The van der Waals surface area contributed by atoms with Gasteiger partial charge in [0.05, 0.1) is 0 Å². The van der Waals surface area contributed by atoms with Crippen molar-refractivity contribution < 1.29 is 0 Å². The molecule has 2 aliphatic rings. The maximum absolute atomic E-state index is 4.31. The van der Waals surface area contributed by atoms with Crippen molar-refractivity contribution in [2.24, 2.45) is 16.9 Å². The third-order valence-electron chi connectivity index (χ3n) is 2.76. The molecule has 0 saturated heterocycles. The molecule has 1 aliphatic carbocycles. The summed E-state index contributed by atoms with van der Waals surface area (Å²) < 4.78 is 0. The van der Waals surface area contributed by atoms with Crippen LogP contribution in [0.5, 0.6) is 0 Å². The number of nitrogens with zero attached hydrogens (tertiary/aromatic N) is 1. The summed E-state index contributed by atoms with van der Waals surface area (Å²) in [5.41, 5.74) is 4.49. The molecule has 0 bridgehead atoms. The summed E-state index contributed by atoms with van der Waals surface area (Å²) in [4.78, 5) is 0. The lowest BCUT2D eigenvalue weighted by molar-refractivity contribution is 0.429. The lowest BCUT2D eigenvalue weighted by atomic mass is 9.93. The van der Waals surface area contributed by atoms with Gasteiger partial charge in [0.15, 0.2) is 0 Å². The largest absolute Gasteiger partial charge is 0.310 e. The van der Waals surface area contributed by atoms with Gasteiger partial charge >= 0.3 is 0 Å². The van der Waals surface area contributed by atoms with Gasteiger partial charge in [-0.2, -0.15) is 5.10 Å². The van der Waals surface area contributed by atoms with Crippen LogP contribution in [0.15, 0.2) is 5.10 Å². The minimum Gasteiger partial charge on any atom is -0.310 e. The quantitative estimate of drug-likeness (QED) is 0.537. The van der Waals surface area contributed by atoms with E-state index in [1.807, 2.05) is 0 Å². The van der Waals surface area contributed by atoms with E-state index < -0.39 is 0 Å². The summed E-state index contributed by atoms with van der Waals surface area (Å²) in [5.74, 6) is 1.71. The molecule has 0 radical (unpaired) electrons. The molecule has 1 N–H and O–H groups in total. The van der Waals surface area contributed by atoms with Crippen molar-refractivity contribution in [1.82, 2.24) is 5.43 Å². The van der Waals surface area contributed by atoms with Crippen LogP contribution < -0.4 is 5.43 Å². The van der Waals surface area contributed by atoms with Crippen LogP contribution in [0.1, 0.15) is 26.2 Å². The van der Waals surface area contributed by atoms with Gasteiger partial charge in [-0.25, -0.2) is 0 Å². The summed E-state index contributed by atoms with van der Waals surface area (Å²) in [6, 6.07) is 0. The second-order valence-corrected chi connectivity index (χ2v) is 3.42. The molecule has 0 amide bonds. The number of nitrogens with one attached hydrogen (secondary N) is 1. The van der Waals surface area contributed by atoms with Crippen LogP contribution in [0, 0.1) is 11.8 Å². The Morgan fingerprint density at radius 1 is 1.50 bits per heavy atom. The summed E-state index contributed by atoms with van der Waals surface area (Å²) in [6.45, 7) is 3.43. The fourth-order valence-corrected chi connectivity index (χ4v) is 2.06. The summed E-state index contributed by atoms with van der Waals surface area (Å²) in [7, 11) is 0. The Balaban J connectivity index is 2.17. The van der Waals surface area contributed by atoms with E-state index in [-0.39, 0.29) is 0 Å². The first kappa shape index (κ1) is 6.20. The third-order valence-corrected chi connectivity index (χ3v) is 2.76. The number of hydrazone groups is 1. The number of hydrogen-bond donors (Lipinski definition) is 1. The van der Waals surface area contributed by atoms with E-state index >= 15 is 0 Å². The number of fused-ring (bicyclic) bond motifs is 1. The van der Waals surface area contributed by atoms with E-state index in [0.29, 0.717) is 0 Å². The SMILES string of the molecule is CC1CCC2=NNCCC21. The molecule has 0 spiro atoms. The molecule has 2 unspecified atom stereocenters. The van der Waals surface area contributed by atoms with Crippen molar-refractivity contribution in [2.75, 3.05) is 6.54 Å². The molecule has 0 aromatic rings. The van der Waals surface area contributed by atoms with Gasteiger partial charge in [-0.3, -0.25) is 0 Å². The van der Waals surface area contributed by atoms with E-state index in [1.165, 1.54) is 25.0 Å². The Morgan fingerprint density at radius 3 is 3.20 bits per heavy atom. The molecule has 2 atom stereocenters. The van der Waals surface area contributed by atoms with Crippen molar-refractivity contribution in [3.63, 3.8) is 0 Å². The lowest BCUT2D eigenvalue weighted by Gasteiger charge is -2.20. The van der Waals surface area contributed by atoms with Crippen molar-refractivity contribution >= 4 is 5.71 Å². The molecule has 1 heterocycles. The summed E-state index contributed by atoms with van der Waals surface area (Å²) in [5, 5.41) is 4.31. The highest BCUT2D eigenvalue weighted by Gasteiger charge is 2.30. The zero-order chi connectivity index (χ0) is 6.97. The van der Waals surface area contributed by atoms with Crippen LogP contribution in [-0.4, -0.2) is 12.3 Å². The van der Waals surface area contributed by atoms with Gasteiger partial charge in [0.1, 0.15) is 0 Å². The minimum absolute atomic E-state index is 0.821. The van der Waals surface area contributed by atoms with Crippen LogP contribution in [0.2, 0.25) is 0 Å². The topological polar surface area (TPSA) is 24.4 Å². The fraction of sp³-hybridized carbons (Fsp3) is 0.875. The Labute approximate surface area is 61.7 Å². The average Bonchev–Trinajstić information content (AvgIpc) is 2.34. The first-order valence-electron chi connectivity index (χ1n) is 4.17. The van der Waals surface area contributed by atoms with Crippen molar-refractivity contribution in [3.8, 4) is 0 Å². The number of rotatable bonds is 0. The second kappa shape index (κ2) is 2.26. The minimum atomic E-state index is 0.821. The first-order chi connectivity index (χ1) is 4.88. The molecule has 1 saturated carbocycles. The summed E-state index contributed by atoms with van der Waals surface area (Å²) in [6.07, 6.45) is 3.89. The summed E-state index contributed by atoms with van der Waals surface area (Å²) >= 11 is 0. The van der Waals surface area contributed by atoms with Crippen molar-refractivity contribution in [3.05, 3.63) is 0 Å². The normalized spacial score (nSPS) is 38.3. The number of hydrogen-bond acceptors (Lipinski definition) is 2. The maximum Gasteiger partial charge on any atom is 0.0412 e. The predicted molar refractivity (Wildman–Crippen MR) is 41.9 cm³/mol. The van der Waals surface area contributed by atoms with Crippen LogP contribution in [0.25, 0.3) is 0 Å². The fourth-order valence-electron chi connectivity index (χ4n) is 2.06. The third kappa shape index (κ3) is 0.825. The molecule has 1 fully saturated rings. The van der Waals surface area contributed by atoms with Gasteiger partial charge in [0.2, 0.25) is 0 Å². The van der Waals surface area contributed by atoms with Crippen LogP contribution in [0.4, 0.5) is 0 Å². The molecule has 0 aromatic carbocycles. The standard InChI is InChI=1S/C8H14N2/c1-6-2-3-8-7(6)4-5-9-10-8/h6-7,9H,2-5H2,1H3. The smallest absolute Gasteiger partial charge is 0.0412 e. The Hall–Kier alpha value is -0.530. The van der Waals surface area contributed by atoms with Gasteiger partial charge in [0.25, 0.3) is 0 Å². The molecule has 0 aromatic heterocycles. The predicted octanol–water partition coefficient (Wildman–Crippen LogP) is 1.38. The highest BCUT2D eigenvalue weighted by Crippen LogP contribution is 2.32. The van der Waals surface area contributed by atoms with E-state index in [0.717, 1.165) is 18.4 Å². The lowest BCUT2D eigenvalue weighted by Crippen LogP contribution is -2.26. The first-order valence-corrected chi connectivity index (χ1v) is 4.17. The van der Waals surface area contributed by atoms with Crippen molar-refractivity contribution in [1.29, 1.82) is 0 Å². The van der Waals surface area contributed by atoms with Gasteiger partial charge in [-0.05, 0) is 25.2 Å². The zero-order valence-corrected chi connectivity index (χ0v) is 6.43. The Kier molecular flexibility index (Phi) is 1.40. The van der Waals surface area contributed by atoms with Gasteiger partial charge in [-0.1, -0.05) is 6.92 Å². The monoisotopic (exact) mass is 138 g/mol. The van der Waals surface area contributed by atoms with Crippen LogP contribution >= 0.6 is 0 Å². The van der Waals surface area contributed by atoms with Crippen molar-refractivity contribution in [2.45, 2.75) is 26.2 Å². The van der Waals surface area contributed by atoms with E-state index in [1.54, 1.807) is 0 Å². The van der Waals surface area contributed by atoms with Gasteiger partial charge in [-0.15, -0.1) is 0 Å². The zero-order valence-electron chi connectivity index (χ0n) is 6.43. The van der Waals surface area contributed by atoms with E-state index in [4.69, 9.17) is 0 Å². The molecule has 2 heteroatoms. The Bertz CT molecular complexity index is 163. The molecule has 56 valence electrons. The van der Waals surface area contributed by atoms with E-state index in [9.17, 15) is 0 Å². The molecule has 1 aliphatic heterocycles. The highest BCUT2D eigenvalue weighted by molar-refractivity contribution is 5.89. The second-order valence-electron chi connectivity index (χ2n) is 3.42. The molecule has 2 rings (SSSR count). The van der Waals surface area contributed by atoms with Gasteiger partial charge in [0, 0.05) is 18.2 Å². The Morgan fingerprint density at radius 2 is 2.40 bits per heavy atom. The molecular weight excluding hydrogens is 124 g/mol. The maximum atomic E-state index is 4.31. The average molecular weight is 138 g/mol. The van der Waals surface area contributed by atoms with E-state index in [2.05, 4.69) is 17.5 Å².